The molecule has 1 aromatic rings. The van der Waals surface area contributed by atoms with Crippen molar-refractivity contribution in [3.05, 3.63) is 29.3 Å². The molecule has 3 nitrogen and oxygen atoms in total. The zero-order valence-electron chi connectivity index (χ0n) is 10.2. The van der Waals surface area contributed by atoms with E-state index in [0.717, 1.165) is 23.4 Å². The summed E-state index contributed by atoms with van der Waals surface area (Å²) in [6, 6.07) is 6.61. The summed E-state index contributed by atoms with van der Waals surface area (Å²) in [5.74, 6) is 0.949. The highest BCUT2D eigenvalue weighted by molar-refractivity contribution is 7.80. The number of benzene rings is 1. The lowest BCUT2D eigenvalue weighted by atomic mass is 10.00. The first kappa shape index (κ1) is 12.5. The molecular weight excluding hydrogens is 232 g/mol. The zero-order chi connectivity index (χ0) is 12.4. The van der Waals surface area contributed by atoms with Crippen LogP contribution in [0.2, 0.25) is 0 Å². The maximum Gasteiger partial charge on any atom is 0.228 e. The van der Waals surface area contributed by atoms with Crippen molar-refractivity contribution in [3.8, 4) is 0 Å². The lowest BCUT2D eigenvalue weighted by molar-refractivity contribution is -0.115. The fourth-order valence-electron chi connectivity index (χ4n) is 2.30. The Balaban J connectivity index is 2.27. The van der Waals surface area contributed by atoms with Crippen molar-refractivity contribution in [3.63, 3.8) is 0 Å². The van der Waals surface area contributed by atoms with Crippen molar-refractivity contribution in [2.24, 2.45) is 0 Å². The van der Waals surface area contributed by atoms with Gasteiger partial charge in [-0.3, -0.25) is 4.79 Å². The normalized spacial score (nSPS) is 15.9. The Bertz CT molecular complexity index is 431. The van der Waals surface area contributed by atoms with Crippen molar-refractivity contribution in [1.29, 1.82) is 0 Å². The number of nitrogens with zero attached hydrogens (tertiary/aromatic N) is 1. The summed E-state index contributed by atoms with van der Waals surface area (Å²) in [6.07, 6.45) is 1.51. The fraction of sp³-hybridized carbons (Fsp3) is 0.462. The van der Waals surface area contributed by atoms with Gasteiger partial charge in [0.1, 0.15) is 0 Å². The Morgan fingerprint density at radius 1 is 1.47 bits per heavy atom. The van der Waals surface area contributed by atoms with E-state index in [9.17, 15) is 4.79 Å². The number of hydrogen-bond donors (Lipinski definition) is 2. The molecule has 1 aliphatic rings. The molecule has 0 fully saturated rings. The zero-order valence-corrected chi connectivity index (χ0v) is 11.1. The van der Waals surface area contributed by atoms with Crippen LogP contribution in [0.4, 0.5) is 5.69 Å². The third-order valence-electron chi connectivity index (χ3n) is 3.17. The molecule has 1 aromatic carbocycles. The quantitative estimate of drug-likeness (QED) is 0.802. The van der Waals surface area contributed by atoms with Crippen LogP contribution in [0, 0.1) is 0 Å². The maximum absolute atomic E-state index is 11.3. The first-order chi connectivity index (χ1) is 8.11. The highest BCUT2D eigenvalue weighted by Gasteiger charge is 2.20. The van der Waals surface area contributed by atoms with Crippen molar-refractivity contribution in [2.75, 3.05) is 25.2 Å². The van der Waals surface area contributed by atoms with E-state index in [2.05, 4.69) is 49.1 Å². The Hall–Kier alpha value is -1.00. The van der Waals surface area contributed by atoms with Crippen LogP contribution in [0.25, 0.3) is 0 Å². The van der Waals surface area contributed by atoms with Crippen LogP contribution in [0.5, 0.6) is 0 Å². The molecule has 0 radical (unpaired) electrons. The number of hydrogen-bond acceptors (Lipinski definition) is 3. The lowest BCUT2D eigenvalue weighted by Gasteiger charge is -2.24. The van der Waals surface area contributed by atoms with Gasteiger partial charge in [0.25, 0.3) is 0 Å². The second-order valence-corrected chi connectivity index (χ2v) is 5.08. The number of amides is 1. The van der Waals surface area contributed by atoms with E-state index < -0.39 is 0 Å². The number of rotatable bonds is 4. The molecule has 1 N–H and O–H groups in total. The van der Waals surface area contributed by atoms with Crippen LogP contribution >= 0.6 is 12.6 Å². The predicted octanol–water partition coefficient (Wildman–Crippen LogP) is 2.10. The van der Waals surface area contributed by atoms with Gasteiger partial charge in [0.2, 0.25) is 5.91 Å². The van der Waals surface area contributed by atoms with Crippen LogP contribution in [-0.2, 0) is 11.2 Å². The van der Waals surface area contributed by atoms with Crippen LogP contribution in [0.3, 0.4) is 0 Å². The average molecular weight is 250 g/mol. The second-order valence-electron chi connectivity index (χ2n) is 4.63. The van der Waals surface area contributed by atoms with Crippen LogP contribution in [0.1, 0.15) is 23.6 Å². The van der Waals surface area contributed by atoms with E-state index in [-0.39, 0.29) is 5.91 Å². The van der Waals surface area contributed by atoms with Crippen molar-refractivity contribution < 1.29 is 4.79 Å². The summed E-state index contributed by atoms with van der Waals surface area (Å²) >= 11 is 4.31. The van der Waals surface area contributed by atoms with E-state index in [0.29, 0.717) is 12.5 Å². The van der Waals surface area contributed by atoms with Crippen molar-refractivity contribution >= 4 is 24.2 Å². The Morgan fingerprint density at radius 3 is 2.88 bits per heavy atom. The number of nitrogens with one attached hydrogen (secondary N) is 1. The minimum atomic E-state index is 0.0905. The van der Waals surface area contributed by atoms with Gasteiger partial charge in [-0.05, 0) is 43.5 Å². The summed E-state index contributed by atoms with van der Waals surface area (Å²) in [7, 11) is 4.15. The van der Waals surface area contributed by atoms with Gasteiger partial charge in [-0.25, -0.2) is 0 Å². The van der Waals surface area contributed by atoms with Crippen molar-refractivity contribution in [1.82, 2.24) is 4.90 Å². The van der Waals surface area contributed by atoms with Gasteiger partial charge in [-0.15, -0.1) is 0 Å². The third-order valence-corrected chi connectivity index (χ3v) is 3.42. The second kappa shape index (κ2) is 5.10. The summed E-state index contributed by atoms with van der Waals surface area (Å²) in [4.78, 5) is 13.5. The molecule has 1 atom stereocenters. The molecule has 1 amide bonds. The number of fused-ring (bicyclic) bond motifs is 1. The topological polar surface area (TPSA) is 32.3 Å². The summed E-state index contributed by atoms with van der Waals surface area (Å²) < 4.78 is 0. The van der Waals surface area contributed by atoms with Crippen LogP contribution in [0.15, 0.2) is 18.2 Å². The average Bonchev–Trinajstić information content (AvgIpc) is 2.64. The largest absolute Gasteiger partial charge is 0.326 e. The Labute approximate surface area is 108 Å². The lowest BCUT2D eigenvalue weighted by Crippen LogP contribution is -2.20. The van der Waals surface area contributed by atoms with Gasteiger partial charge in [-0.2, -0.15) is 12.6 Å². The smallest absolute Gasteiger partial charge is 0.228 e. The summed E-state index contributed by atoms with van der Waals surface area (Å²) in [5.41, 5.74) is 3.33. The van der Waals surface area contributed by atoms with Gasteiger partial charge in [-0.1, -0.05) is 12.1 Å². The van der Waals surface area contributed by atoms with E-state index in [1.54, 1.807) is 0 Å². The molecule has 0 saturated carbocycles. The molecular formula is C13H18N2OS. The SMILES string of the molecule is CN(C)C(CCS)c1ccc2c(c1)CC(=O)N2. The molecule has 2 rings (SSSR count). The third kappa shape index (κ3) is 2.64. The molecule has 1 heterocycles. The highest BCUT2D eigenvalue weighted by Crippen LogP contribution is 2.29. The molecule has 0 aliphatic carbocycles. The van der Waals surface area contributed by atoms with E-state index >= 15 is 0 Å². The summed E-state index contributed by atoms with van der Waals surface area (Å²) in [6.45, 7) is 0. The van der Waals surface area contributed by atoms with Crippen LogP contribution < -0.4 is 5.32 Å². The molecule has 0 saturated heterocycles. The van der Waals surface area contributed by atoms with E-state index in [4.69, 9.17) is 0 Å². The van der Waals surface area contributed by atoms with Gasteiger partial charge in [0, 0.05) is 11.7 Å². The number of anilines is 1. The van der Waals surface area contributed by atoms with E-state index in [1.807, 2.05) is 6.07 Å². The first-order valence-electron chi connectivity index (χ1n) is 5.82. The van der Waals surface area contributed by atoms with Gasteiger partial charge in [0.15, 0.2) is 0 Å². The molecule has 92 valence electrons. The first-order valence-corrected chi connectivity index (χ1v) is 6.45. The van der Waals surface area contributed by atoms with Crippen molar-refractivity contribution in [2.45, 2.75) is 18.9 Å². The number of carbonyl (C=O) groups excluding carboxylic acids is 1. The minimum absolute atomic E-state index is 0.0905. The summed E-state index contributed by atoms with van der Waals surface area (Å²) in [5, 5.41) is 2.86. The molecule has 17 heavy (non-hydrogen) atoms. The molecule has 0 bridgehead atoms. The molecule has 1 unspecified atom stereocenters. The van der Waals surface area contributed by atoms with E-state index in [1.165, 1.54) is 5.56 Å². The molecule has 0 aromatic heterocycles. The Morgan fingerprint density at radius 2 is 2.24 bits per heavy atom. The van der Waals surface area contributed by atoms with Crippen LogP contribution in [-0.4, -0.2) is 30.7 Å². The monoisotopic (exact) mass is 250 g/mol. The highest BCUT2D eigenvalue weighted by atomic mass is 32.1. The molecule has 1 aliphatic heterocycles. The molecule has 0 spiro atoms. The van der Waals surface area contributed by atoms with Gasteiger partial charge < -0.3 is 10.2 Å². The fourth-order valence-corrected chi connectivity index (χ4v) is 2.55. The van der Waals surface area contributed by atoms with Gasteiger partial charge >= 0.3 is 0 Å². The standard InChI is InChI=1S/C13H18N2OS/c1-15(2)12(5-6-17)9-3-4-11-10(7-9)8-13(16)14-11/h3-4,7,12,17H,5-6,8H2,1-2H3,(H,14,16). The van der Waals surface area contributed by atoms with Gasteiger partial charge in [0.05, 0.1) is 6.42 Å². The maximum atomic E-state index is 11.3. The Kier molecular flexibility index (Phi) is 3.74. The number of carbonyl (C=O) groups is 1. The minimum Gasteiger partial charge on any atom is -0.326 e. The predicted molar refractivity (Wildman–Crippen MR) is 73.7 cm³/mol. The number of thiol groups is 1. The molecule has 4 heteroatoms.